The summed E-state index contributed by atoms with van der Waals surface area (Å²) in [6.45, 7) is 6.73. The largest absolute Gasteiger partial charge is 0.355 e. The standard InChI is InChI=1S/C16H25N3OS/c1-11-12(2)21-14(19-11)6-8-18-15(20)16-7-4-3-5-13(16)9-17-10-16/h13,17H,3-10H2,1-2H3,(H,18,20)/t13-,16+/m0/s1. The molecule has 0 spiro atoms. The minimum atomic E-state index is -0.132. The summed E-state index contributed by atoms with van der Waals surface area (Å²) in [5.41, 5.74) is 0.986. The van der Waals surface area contributed by atoms with E-state index in [1.54, 1.807) is 11.3 Å². The second-order valence-electron chi connectivity index (χ2n) is 6.48. The van der Waals surface area contributed by atoms with Crippen molar-refractivity contribution in [3.63, 3.8) is 0 Å². The molecule has 1 aliphatic carbocycles. The number of thiazole rings is 1. The van der Waals surface area contributed by atoms with Crippen molar-refractivity contribution in [2.24, 2.45) is 11.3 Å². The van der Waals surface area contributed by atoms with Crippen LogP contribution in [0.25, 0.3) is 0 Å². The van der Waals surface area contributed by atoms with Crippen molar-refractivity contribution < 1.29 is 4.79 Å². The Labute approximate surface area is 130 Å². The Balaban J connectivity index is 1.56. The normalized spacial score (nSPS) is 28.4. The first kappa shape index (κ1) is 15.0. The minimum absolute atomic E-state index is 0.132. The maximum absolute atomic E-state index is 12.7. The molecule has 116 valence electrons. The van der Waals surface area contributed by atoms with Crippen LogP contribution in [0.3, 0.4) is 0 Å². The van der Waals surface area contributed by atoms with Crippen LogP contribution < -0.4 is 10.6 Å². The Bertz CT molecular complexity index is 508. The molecule has 0 aromatic carbocycles. The number of rotatable bonds is 4. The molecule has 0 radical (unpaired) electrons. The van der Waals surface area contributed by atoms with Crippen molar-refractivity contribution in [2.75, 3.05) is 19.6 Å². The summed E-state index contributed by atoms with van der Waals surface area (Å²) in [4.78, 5) is 18.5. The maximum atomic E-state index is 12.7. The van der Waals surface area contributed by atoms with Gasteiger partial charge in [0.15, 0.2) is 0 Å². The van der Waals surface area contributed by atoms with Crippen LogP contribution in [0.2, 0.25) is 0 Å². The molecule has 0 bridgehead atoms. The van der Waals surface area contributed by atoms with Crippen LogP contribution >= 0.6 is 11.3 Å². The molecule has 2 N–H and O–H groups in total. The first-order valence-electron chi connectivity index (χ1n) is 8.04. The number of nitrogens with zero attached hydrogens (tertiary/aromatic N) is 1. The summed E-state index contributed by atoms with van der Waals surface area (Å²) in [5, 5.41) is 7.75. The third-order valence-electron chi connectivity index (χ3n) is 5.19. The summed E-state index contributed by atoms with van der Waals surface area (Å²) >= 11 is 1.74. The molecule has 2 heterocycles. The van der Waals surface area contributed by atoms with Gasteiger partial charge in [0.05, 0.1) is 16.1 Å². The molecule has 1 aromatic rings. The van der Waals surface area contributed by atoms with Crippen LogP contribution in [0.5, 0.6) is 0 Å². The lowest BCUT2D eigenvalue weighted by Gasteiger charge is -2.37. The lowest BCUT2D eigenvalue weighted by Crippen LogP contribution is -2.48. The van der Waals surface area contributed by atoms with Crippen LogP contribution in [0.15, 0.2) is 0 Å². The second-order valence-corrected chi connectivity index (χ2v) is 7.77. The number of aromatic nitrogens is 1. The zero-order valence-electron chi connectivity index (χ0n) is 13.0. The summed E-state index contributed by atoms with van der Waals surface area (Å²) in [7, 11) is 0. The number of hydrogen-bond donors (Lipinski definition) is 2. The van der Waals surface area contributed by atoms with E-state index in [2.05, 4.69) is 22.5 Å². The lowest BCUT2D eigenvalue weighted by atomic mass is 9.67. The van der Waals surface area contributed by atoms with E-state index in [9.17, 15) is 4.79 Å². The zero-order valence-corrected chi connectivity index (χ0v) is 13.8. The number of carbonyl (C=O) groups excluding carboxylic acids is 1. The summed E-state index contributed by atoms with van der Waals surface area (Å²) < 4.78 is 0. The van der Waals surface area contributed by atoms with E-state index in [0.717, 1.165) is 36.6 Å². The van der Waals surface area contributed by atoms with E-state index in [1.165, 1.54) is 24.1 Å². The fraction of sp³-hybridized carbons (Fsp3) is 0.750. The lowest BCUT2D eigenvalue weighted by molar-refractivity contribution is -0.133. The van der Waals surface area contributed by atoms with Gasteiger partial charge in [-0.1, -0.05) is 12.8 Å². The van der Waals surface area contributed by atoms with Crippen LogP contribution in [-0.2, 0) is 11.2 Å². The van der Waals surface area contributed by atoms with Crippen LogP contribution in [0, 0.1) is 25.2 Å². The molecule has 4 nitrogen and oxygen atoms in total. The number of nitrogens with one attached hydrogen (secondary N) is 2. The highest BCUT2D eigenvalue weighted by atomic mass is 32.1. The van der Waals surface area contributed by atoms with Crippen LogP contribution in [0.4, 0.5) is 0 Å². The van der Waals surface area contributed by atoms with E-state index < -0.39 is 0 Å². The summed E-state index contributed by atoms with van der Waals surface area (Å²) in [6, 6.07) is 0. The Hall–Kier alpha value is -0.940. The van der Waals surface area contributed by atoms with Crippen molar-refractivity contribution in [1.29, 1.82) is 0 Å². The van der Waals surface area contributed by atoms with Crippen molar-refractivity contribution >= 4 is 17.2 Å². The number of hydrogen-bond acceptors (Lipinski definition) is 4. The molecular weight excluding hydrogens is 282 g/mol. The number of aryl methyl sites for hydroxylation is 2. The van der Waals surface area contributed by atoms with Crippen molar-refractivity contribution in [2.45, 2.75) is 46.0 Å². The molecule has 1 aliphatic heterocycles. The van der Waals surface area contributed by atoms with Crippen molar-refractivity contribution in [1.82, 2.24) is 15.6 Å². The van der Waals surface area contributed by atoms with Gasteiger partial charge in [-0.3, -0.25) is 4.79 Å². The SMILES string of the molecule is Cc1nc(CCNC(=O)[C@@]23CCCC[C@H]2CNC3)sc1C. The summed E-state index contributed by atoms with van der Waals surface area (Å²) in [5.74, 6) is 0.804. The van der Waals surface area contributed by atoms with Gasteiger partial charge in [0.25, 0.3) is 0 Å². The Morgan fingerprint density at radius 1 is 1.48 bits per heavy atom. The average molecular weight is 307 g/mol. The second kappa shape index (κ2) is 6.05. The Morgan fingerprint density at radius 3 is 3.10 bits per heavy atom. The predicted octanol–water partition coefficient (Wildman–Crippen LogP) is 2.20. The van der Waals surface area contributed by atoms with Gasteiger partial charge < -0.3 is 10.6 Å². The van der Waals surface area contributed by atoms with Gasteiger partial charge in [0.1, 0.15) is 0 Å². The predicted molar refractivity (Wildman–Crippen MR) is 85.6 cm³/mol. The van der Waals surface area contributed by atoms with E-state index >= 15 is 0 Å². The summed E-state index contributed by atoms with van der Waals surface area (Å²) in [6.07, 6.45) is 5.56. The molecule has 3 rings (SSSR count). The van der Waals surface area contributed by atoms with Gasteiger partial charge in [0.2, 0.25) is 5.91 Å². The highest BCUT2D eigenvalue weighted by Crippen LogP contribution is 2.43. The fourth-order valence-corrected chi connectivity index (χ4v) is 4.73. The molecular formula is C16H25N3OS. The molecule has 21 heavy (non-hydrogen) atoms. The molecule has 5 heteroatoms. The smallest absolute Gasteiger partial charge is 0.227 e. The third-order valence-corrected chi connectivity index (χ3v) is 6.32. The minimum Gasteiger partial charge on any atom is -0.355 e. The van der Waals surface area contributed by atoms with Gasteiger partial charge in [0, 0.05) is 24.4 Å². The molecule has 1 amide bonds. The number of amides is 1. The van der Waals surface area contributed by atoms with E-state index in [-0.39, 0.29) is 11.3 Å². The van der Waals surface area contributed by atoms with Crippen LogP contribution in [0.1, 0.15) is 41.3 Å². The molecule has 1 saturated heterocycles. The molecule has 0 unspecified atom stereocenters. The molecule has 2 aliphatic rings. The molecule has 2 atom stereocenters. The maximum Gasteiger partial charge on any atom is 0.227 e. The highest BCUT2D eigenvalue weighted by Gasteiger charge is 2.49. The Morgan fingerprint density at radius 2 is 2.33 bits per heavy atom. The Kier molecular flexibility index (Phi) is 4.31. The molecule has 1 saturated carbocycles. The van der Waals surface area contributed by atoms with E-state index in [1.807, 2.05) is 6.92 Å². The fourth-order valence-electron chi connectivity index (χ4n) is 3.80. The quantitative estimate of drug-likeness (QED) is 0.896. The van der Waals surface area contributed by atoms with Gasteiger partial charge in [-0.15, -0.1) is 11.3 Å². The van der Waals surface area contributed by atoms with Gasteiger partial charge in [-0.2, -0.15) is 0 Å². The highest BCUT2D eigenvalue weighted by molar-refractivity contribution is 7.11. The zero-order chi connectivity index (χ0) is 14.9. The van der Waals surface area contributed by atoms with E-state index in [0.29, 0.717) is 12.5 Å². The van der Waals surface area contributed by atoms with Crippen LogP contribution in [-0.4, -0.2) is 30.5 Å². The topological polar surface area (TPSA) is 54.0 Å². The first-order valence-corrected chi connectivity index (χ1v) is 8.85. The van der Waals surface area contributed by atoms with Crippen molar-refractivity contribution in [3.05, 3.63) is 15.6 Å². The monoisotopic (exact) mass is 307 g/mol. The average Bonchev–Trinajstić information content (AvgIpc) is 3.04. The number of fused-ring (bicyclic) bond motifs is 1. The van der Waals surface area contributed by atoms with Gasteiger partial charge in [-0.05, 0) is 39.2 Å². The number of carbonyl (C=O) groups is 1. The molecule has 1 aromatic heterocycles. The molecule has 2 fully saturated rings. The van der Waals surface area contributed by atoms with Crippen molar-refractivity contribution in [3.8, 4) is 0 Å². The first-order chi connectivity index (χ1) is 10.1. The van der Waals surface area contributed by atoms with Gasteiger partial charge >= 0.3 is 0 Å². The third kappa shape index (κ3) is 2.86. The van der Waals surface area contributed by atoms with E-state index in [4.69, 9.17) is 0 Å². The van der Waals surface area contributed by atoms with Gasteiger partial charge in [-0.25, -0.2) is 4.98 Å².